The van der Waals surface area contributed by atoms with Gasteiger partial charge in [-0.15, -0.1) is 0 Å². The van der Waals surface area contributed by atoms with Crippen molar-refractivity contribution in [3.8, 4) is 11.4 Å². The number of nitrogens with zero attached hydrogens (tertiary/aromatic N) is 2. The molecule has 2 aromatic carbocycles. The molecular formula is C14H7BrClFN2. The molecule has 19 heavy (non-hydrogen) atoms. The predicted molar refractivity (Wildman–Crippen MR) is 77.6 cm³/mol. The molecule has 3 aromatic rings. The van der Waals surface area contributed by atoms with Gasteiger partial charge in [-0.3, -0.25) is 0 Å². The molecule has 0 bridgehead atoms. The van der Waals surface area contributed by atoms with Crippen LogP contribution in [0.4, 0.5) is 4.39 Å². The Labute approximate surface area is 122 Å². The summed E-state index contributed by atoms with van der Waals surface area (Å²) in [7, 11) is 0. The van der Waals surface area contributed by atoms with Gasteiger partial charge in [0.05, 0.1) is 5.52 Å². The smallest absolute Gasteiger partial charge is 0.161 e. The Morgan fingerprint density at radius 3 is 2.47 bits per heavy atom. The van der Waals surface area contributed by atoms with Gasteiger partial charge in [-0.05, 0) is 52.3 Å². The Hall–Kier alpha value is -1.52. The molecule has 0 N–H and O–H groups in total. The second kappa shape index (κ2) is 4.87. The molecule has 0 aliphatic carbocycles. The van der Waals surface area contributed by atoms with E-state index in [9.17, 15) is 4.39 Å². The van der Waals surface area contributed by atoms with E-state index in [1.54, 1.807) is 12.1 Å². The van der Waals surface area contributed by atoms with Crippen LogP contribution in [0.1, 0.15) is 0 Å². The summed E-state index contributed by atoms with van der Waals surface area (Å²) < 4.78 is 13.8. The fraction of sp³-hybridized carbons (Fsp3) is 0. The first-order chi connectivity index (χ1) is 9.15. The summed E-state index contributed by atoms with van der Waals surface area (Å²) in [5.41, 5.74) is 1.46. The maximum absolute atomic E-state index is 12.9. The fourth-order valence-corrected chi connectivity index (χ4v) is 2.50. The summed E-state index contributed by atoms with van der Waals surface area (Å²) in [6.07, 6.45) is 0. The molecule has 1 heterocycles. The lowest BCUT2D eigenvalue weighted by atomic mass is 10.2. The number of fused-ring (bicyclic) bond motifs is 1. The van der Waals surface area contributed by atoms with Gasteiger partial charge >= 0.3 is 0 Å². The summed E-state index contributed by atoms with van der Waals surface area (Å²) in [6, 6.07) is 11.6. The summed E-state index contributed by atoms with van der Waals surface area (Å²) >= 11 is 9.61. The van der Waals surface area contributed by atoms with Gasteiger partial charge in [0.1, 0.15) is 11.0 Å². The van der Waals surface area contributed by atoms with Gasteiger partial charge in [-0.2, -0.15) is 0 Å². The first-order valence-electron chi connectivity index (χ1n) is 5.53. The second-order valence-electron chi connectivity index (χ2n) is 3.98. The molecule has 1 aromatic heterocycles. The van der Waals surface area contributed by atoms with Crippen LogP contribution in [0, 0.1) is 5.82 Å². The highest BCUT2D eigenvalue weighted by Gasteiger charge is 2.09. The van der Waals surface area contributed by atoms with Crippen molar-refractivity contribution in [1.82, 2.24) is 9.97 Å². The second-order valence-corrected chi connectivity index (χ2v) is 5.19. The zero-order valence-corrected chi connectivity index (χ0v) is 11.9. The van der Waals surface area contributed by atoms with Gasteiger partial charge in [0.2, 0.25) is 0 Å². The Bertz CT molecular complexity index is 759. The van der Waals surface area contributed by atoms with E-state index in [0.717, 1.165) is 20.9 Å². The molecule has 0 amide bonds. The van der Waals surface area contributed by atoms with Gasteiger partial charge in [-0.1, -0.05) is 17.7 Å². The molecule has 5 heteroatoms. The number of hydrogen-bond donors (Lipinski definition) is 0. The van der Waals surface area contributed by atoms with Crippen molar-refractivity contribution in [2.45, 2.75) is 0 Å². The van der Waals surface area contributed by atoms with Crippen LogP contribution < -0.4 is 0 Å². The van der Waals surface area contributed by atoms with E-state index >= 15 is 0 Å². The van der Waals surface area contributed by atoms with Crippen LogP contribution in [0.5, 0.6) is 0 Å². The van der Waals surface area contributed by atoms with E-state index in [2.05, 4.69) is 25.9 Å². The first kappa shape index (κ1) is 12.5. The molecule has 0 unspecified atom stereocenters. The van der Waals surface area contributed by atoms with Crippen LogP contribution in [0.2, 0.25) is 5.15 Å². The third-order valence-corrected chi connectivity index (χ3v) is 3.66. The average Bonchev–Trinajstić information content (AvgIpc) is 2.41. The van der Waals surface area contributed by atoms with E-state index in [0.29, 0.717) is 11.0 Å². The minimum Gasteiger partial charge on any atom is -0.227 e. The number of halogens is 3. The zero-order valence-electron chi connectivity index (χ0n) is 9.57. The Morgan fingerprint density at radius 1 is 1.00 bits per heavy atom. The third kappa shape index (κ3) is 2.33. The lowest BCUT2D eigenvalue weighted by Gasteiger charge is -2.05. The SMILES string of the molecule is Fc1ccc(-c2nc(Cl)c3cccc(Br)c3n2)cc1. The lowest BCUT2D eigenvalue weighted by molar-refractivity contribution is 0.628. The maximum atomic E-state index is 12.9. The van der Waals surface area contributed by atoms with Crippen LogP contribution in [-0.4, -0.2) is 9.97 Å². The summed E-state index contributed by atoms with van der Waals surface area (Å²) in [5, 5.41) is 1.16. The molecule has 0 aliphatic heterocycles. The largest absolute Gasteiger partial charge is 0.227 e. The summed E-state index contributed by atoms with van der Waals surface area (Å²) in [6.45, 7) is 0. The van der Waals surface area contributed by atoms with Crippen LogP contribution in [-0.2, 0) is 0 Å². The van der Waals surface area contributed by atoms with Crippen LogP contribution in [0.3, 0.4) is 0 Å². The minimum atomic E-state index is -0.295. The van der Waals surface area contributed by atoms with Gasteiger partial charge in [0.25, 0.3) is 0 Å². The lowest BCUT2D eigenvalue weighted by Crippen LogP contribution is -1.92. The number of aromatic nitrogens is 2. The van der Waals surface area contributed by atoms with Crippen molar-refractivity contribution >= 4 is 38.4 Å². The number of benzene rings is 2. The molecule has 0 saturated carbocycles. The fourth-order valence-electron chi connectivity index (χ4n) is 1.81. The minimum absolute atomic E-state index is 0.295. The normalized spacial score (nSPS) is 10.9. The highest BCUT2D eigenvalue weighted by molar-refractivity contribution is 9.10. The van der Waals surface area contributed by atoms with Crippen molar-refractivity contribution < 1.29 is 4.39 Å². The van der Waals surface area contributed by atoms with Gasteiger partial charge in [-0.25, -0.2) is 14.4 Å². The molecule has 2 nitrogen and oxygen atoms in total. The highest BCUT2D eigenvalue weighted by atomic mass is 79.9. The van der Waals surface area contributed by atoms with Crippen LogP contribution >= 0.6 is 27.5 Å². The molecule has 0 atom stereocenters. The van der Waals surface area contributed by atoms with Crippen molar-refractivity contribution in [3.63, 3.8) is 0 Å². The van der Waals surface area contributed by atoms with Crippen LogP contribution in [0.15, 0.2) is 46.9 Å². The first-order valence-corrected chi connectivity index (χ1v) is 6.70. The molecular weight excluding hydrogens is 331 g/mol. The van der Waals surface area contributed by atoms with E-state index < -0.39 is 0 Å². The molecule has 0 fully saturated rings. The number of hydrogen-bond acceptors (Lipinski definition) is 2. The number of rotatable bonds is 1. The summed E-state index contributed by atoms with van der Waals surface area (Å²) in [4.78, 5) is 8.72. The molecule has 0 aliphatic rings. The zero-order chi connectivity index (χ0) is 13.4. The molecule has 94 valence electrons. The summed E-state index contributed by atoms with van der Waals surface area (Å²) in [5.74, 6) is 0.182. The topological polar surface area (TPSA) is 25.8 Å². The average molecular weight is 338 g/mol. The van der Waals surface area contributed by atoms with Crippen molar-refractivity contribution in [1.29, 1.82) is 0 Å². The van der Waals surface area contributed by atoms with E-state index in [1.165, 1.54) is 12.1 Å². The van der Waals surface area contributed by atoms with Crippen LogP contribution in [0.25, 0.3) is 22.3 Å². The third-order valence-electron chi connectivity index (χ3n) is 2.73. The maximum Gasteiger partial charge on any atom is 0.161 e. The quantitative estimate of drug-likeness (QED) is 0.593. The van der Waals surface area contributed by atoms with Gasteiger partial charge in [0, 0.05) is 15.4 Å². The Morgan fingerprint density at radius 2 is 1.74 bits per heavy atom. The van der Waals surface area contributed by atoms with E-state index in [1.807, 2.05) is 18.2 Å². The van der Waals surface area contributed by atoms with Gasteiger partial charge in [0.15, 0.2) is 5.82 Å². The predicted octanol–water partition coefficient (Wildman–Crippen LogP) is 4.85. The van der Waals surface area contributed by atoms with Crippen molar-refractivity contribution in [2.75, 3.05) is 0 Å². The van der Waals surface area contributed by atoms with Gasteiger partial charge < -0.3 is 0 Å². The Kier molecular flexibility index (Phi) is 3.21. The van der Waals surface area contributed by atoms with Crippen molar-refractivity contribution in [2.24, 2.45) is 0 Å². The molecule has 0 radical (unpaired) electrons. The van der Waals surface area contributed by atoms with E-state index in [-0.39, 0.29) is 5.82 Å². The van der Waals surface area contributed by atoms with Crippen molar-refractivity contribution in [3.05, 3.63) is 57.9 Å². The monoisotopic (exact) mass is 336 g/mol. The molecule has 3 rings (SSSR count). The molecule has 0 spiro atoms. The highest BCUT2D eigenvalue weighted by Crippen LogP contribution is 2.29. The van der Waals surface area contributed by atoms with E-state index in [4.69, 9.17) is 11.6 Å². The Balaban J connectivity index is 2.25. The number of para-hydroxylation sites is 1. The standard InChI is InChI=1S/C14H7BrClFN2/c15-11-3-1-2-10-12(11)18-14(19-13(10)16)8-4-6-9(17)7-5-8/h1-7H. The molecule has 0 saturated heterocycles.